The Hall–Kier alpha value is -2.60. The molecule has 2 heterocycles. The SMILES string of the molecule is O=C(COc1ccc(Cl)c(F)c1)NC1CCN(c2nnc([C@H]3C[C@@H](OC(F)(F)F)C3)o2)CC1. The van der Waals surface area contributed by atoms with Crippen LogP contribution in [-0.4, -0.2) is 54.3 Å². The Kier molecular flexibility index (Phi) is 6.94. The minimum atomic E-state index is -4.64. The van der Waals surface area contributed by atoms with Crippen LogP contribution in [0.2, 0.25) is 5.02 Å². The molecule has 1 aliphatic heterocycles. The van der Waals surface area contributed by atoms with Crippen LogP contribution in [0.5, 0.6) is 5.75 Å². The van der Waals surface area contributed by atoms with Gasteiger partial charge < -0.3 is 19.4 Å². The number of ether oxygens (including phenoxy) is 2. The van der Waals surface area contributed by atoms with Crippen LogP contribution in [0.25, 0.3) is 0 Å². The first-order valence-electron chi connectivity index (χ1n) is 10.4. The number of hydrogen-bond donors (Lipinski definition) is 1. The van der Waals surface area contributed by atoms with Crippen LogP contribution in [0.3, 0.4) is 0 Å². The highest BCUT2D eigenvalue weighted by atomic mass is 35.5. The fraction of sp³-hybridized carbons (Fsp3) is 0.550. The molecule has 4 rings (SSSR count). The predicted octanol–water partition coefficient (Wildman–Crippen LogP) is 3.81. The highest BCUT2D eigenvalue weighted by Crippen LogP contribution is 2.41. The van der Waals surface area contributed by atoms with Crippen molar-refractivity contribution >= 4 is 23.5 Å². The highest BCUT2D eigenvalue weighted by molar-refractivity contribution is 6.30. The molecule has 180 valence electrons. The third kappa shape index (κ3) is 6.26. The first-order valence-corrected chi connectivity index (χ1v) is 10.7. The fourth-order valence-electron chi connectivity index (χ4n) is 3.77. The van der Waals surface area contributed by atoms with Gasteiger partial charge in [0.25, 0.3) is 5.91 Å². The molecule has 0 bridgehead atoms. The molecule has 2 aliphatic rings. The van der Waals surface area contributed by atoms with E-state index in [9.17, 15) is 22.4 Å². The van der Waals surface area contributed by atoms with Gasteiger partial charge in [0, 0.05) is 31.1 Å². The van der Waals surface area contributed by atoms with Crippen LogP contribution in [0.15, 0.2) is 22.6 Å². The number of carbonyl (C=O) groups is 1. The third-order valence-electron chi connectivity index (χ3n) is 5.57. The lowest BCUT2D eigenvalue weighted by molar-refractivity contribution is -0.352. The average Bonchev–Trinajstić information content (AvgIpc) is 3.21. The number of anilines is 1. The summed E-state index contributed by atoms with van der Waals surface area (Å²) in [7, 11) is 0. The minimum Gasteiger partial charge on any atom is -0.484 e. The Labute approximate surface area is 191 Å². The summed E-state index contributed by atoms with van der Waals surface area (Å²) in [6.07, 6.45) is -3.91. The highest BCUT2D eigenvalue weighted by Gasteiger charge is 2.42. The second kappa shape index (κ2) is 9.72. The van der Waals surface area contributed by atoms with E-state index in [2.05, 4.69) is 20.3 Å². The molecular weight excluding hydrogens is 472 g/mol. The molecule has 1 aromatic heterocycles. The fourth-order valence-corrected chi connectivity index (χ4v) is 3.89. The zero-order valence-corrected chi connectivity index (χ0v) is 18.0. The maximum atomic E-state index is 13.4. The Morgan fingerprint density at radius 1 is 1.24 bits per heavy atom. The first-order chi connectivity index (χ1) is 15.7. The Morgan fingerprint density at radius 2 is 1.97 bits per heavy atom. The lowest BCUT2D eigenvalue weighted by Gasteiger charge is -2.33. The molecule has 1 saturated heterocycles. The third-order valence-corrected chi connectivity index (χ3v) is 5.87. The summed E-state index contributed by atoms with van der Waals surface area (Å²) in [6.45, 7) is 0.857. The van der Waals surface area contributed by atoms with Crippen LogP contribution >= 0.6 is 11.6 Å². The molecule has 8 nitrogen and oxygen atoms in total. The van der Waals surface area contributed by atoms with Gasteiger partial charge in [-0.2, -0.15) is 0 Å². The number of nitrogens with one attached hydrogen (secondary N) is 1. The van der Waals surface area contributed by atoms with E-state index in [-0.39, 0.29) is 48.1 Å². The number of halogens is 5. The quantitative estimate of drug-likeness (QED) is 0.588. The molecule has 1 N–H and O–H groups in total. The van der Waals surface area contributed by atoms with Crippen LogP contribution in [0.4, 0.5) is 23.6 Å². The summed E-state index contributed by atoms with van der Waals surface area (Å²) >= 11 is 5.61. The van der Waals surface area contributed by atoms with E-state index < -0.39 is 18.3 Å². The van der Waals surface area contributed by atoms with E-state index in [1.54, 1.807) is 0 Å². The van der Waals surface area contributed by atoms with Crippen LogP contribution < -0.4 is 15.0 Å². The van der Waals surface area contributed by atoms with Gasteiger partial charge in [0.1, 0.15) is 11.6 Å². The summed E-state index contributed by atoms with van der Waals surface area (Å²) in [5, 5.41) is 10.8. The minimum absolute atomic E-state index is 0.0284. The van der Waals surface area contributed by atoms with Crippen molar-refractivity contribution < 1.29 is 36.2 Å². The van der Waals surface area contributed by atoms with Crippen molar-refractivity contribution in [1.29, 1.82) is 0 Å². The second-order valence-electron chi connectivity index (χ2n) is 7.97. The molecule has 0 unspecified atom stereocenters. The molecular formula is C20H21ClF4N4O4. The number of alkyl halides is 3. The first kappa shape index (κ1) is 23.6. The maximum absolute atomic E-state index is 13.4. The number of amides is 1. The molecule has 2 aromatic rings. The maximum Gasteiger partial charge on any atom is 0.522 e. The summed E-state index contributed by atoms with van der Waals surface area (Å²) < 4.78 is 65.0. The smallest absolute Gasteiger partial charge is 0.484 e. The van der Waals surface area contributed by atoms with Gasteiger partial charge in [-0.1, -0.05) is 16.7 Å². The van der Waals surface area contributed by atoms with Crippen molar-refractivity contribution in [1.82, 2.24) is 15.5 Å². The van der Waals surface area contributed by atoms with Gasteiger partial charge in [-0.25, -0.2) is 4.39 Å². The van der Waals surface area contributed by atoms with Gasteiger partial charge in [0.05, 0.1) is 11.1 Å². The van der Waals surface area contributed by atoms with E-state index in [1.165, 1.54) is 12.1 Å². The average molecular weight is 493 g/mol. The van der Waals surface area contributed by atoms with Gasteiger partial charge in [-0.05, 0) is 37.8 Å². The van der Waals surface area contributed by atoms with E-state index in [0.29, 0.717) is 37.8 Å². The number of carbonyl (C=O) groups excluding carboxylic acids is 1. The predicted molar refractivity (Wildman–Crippen MR) is 107 cm³/mol. The molecule has 1 aromatic carbocycles. The second-order valence-corrected chi connectivity index (χ2v) is 8.38. The summed E-state index contributed by atoms with van der Waals surface area (Å²) in [6, 6.07) is 4.17. The van der Waals surface area contributed by atoms with E-state index in [1.807, 2.05) is 4.90 Å². The molecule has 0 atom stereocenters. The van der Waals surface area contributed by atoms with Crippen LogP contribution in [0, 0.1) is 5.82 Å². The Bertz CT molecular complexity index is 975. The standard InChI is InChI=1S/C20H21ClF4N4O4/c21-15-2-1-13(9-16(15)22)31-10-17(30)26-12-3-5-29(6-4-12)19-28-27-18(32-19)11-7-14(8-11)33-20(23,24)25/h1-2,9,11-12,14H,3-8,10H2,(H,26,30)/t11-,14+. The number of benzene rings is 1. The van der Waals surface area contributed by atoms with Crippen molar-refractivity contribution in [2.75, 3.05) is 24.6 Å². The van der Waals surface area contributed by atoms with Gasteiger partial charge >= 0.3 is 12.4 Å². The number of rotatable bonds is 7. The molecule has 0 radical (unpaired) electrons. The zero-order chi connectivity index (χ0) is 23.6. The molecule has 0 spiro atoms. The van der Waals surface area contributed by atoms with E-state index in [4.69, 9.17) is 20.8 Å². The summed E-state index contributed by atoms with van der Waals surface area (Å²) in [5.74, 6) is -0.693. The number of hydrogen-bond acceptors (Lipinski definition) is 7. The topological polar surface area (TPSA) is 89.7 Å². The lowest BCUT2D eigenvalue weighted by atomic mass is 9.82. The summed E-state index contributed by atoms with van der Waals surface area (Å²) in [5.41, 5.74) is 0. The van der Waals surface area contributed by atoms with Crippen molar-refractivity contribution in [3.63, 3.8) is 0 Å². The Morgan fingerprint density at radius 3 is 2.64 bits per heavy atom. The molecule has 1 amide bonds. The number of nitrogens with zero attached hydrogens (tertiary/aromatic N) is 3. The zero-order valence-electron chi connectivity index (χ0n) is 17.3. The van der Waals surface area contributed by atoms with Crippen LogP contribution in [0.1, 0.15) is 37.5 Å². The summed E-state index contributed by atoms with van der Waals surface area (Å²) in [4.78, 5) is 14.0. The van der Waals surface area contributed by atoms with E-state index in [0.717, 1.165) is 6.07 Å². The van der Waals surface area contributed by atoms with Gasteiger partial charge in [0.2, 0.25) is 5.89 Å². The van der Waals surface area contributed by atoms with Gasteiger partial charge in [0.15, 0.2) is 6.61 Å². The lowest BCUT2D eigenvalue weighted by Crippen LogP contribution is -2.46. The van der Waals surface area contributed by atoms with Crippen molar-refractivity contribution in [2.45, 2.75) is 50.1 Å². The van der Waals surface area contributed by atoms with Gasteiger partial charge in [-0.3, -0.25) is 9.53 Å². The number of piperidine rings is 1. The molecule has 2 fully saturated rings. The number of aromatic nitrogens is 2. The molecule has 1 saturated carbocycles. The van der Waals surface area contributed by atoms with Crippen molar-refractivity contribution in [2.24, 2.45) is 0 Å². The largest absolute Gasteiger partial charge is 0.522 e. The molecule has 1 aliphatic carbocycles. The molecule has 13 heteroatoms. The normalized spacial score (nSPS) is 21.5. The van der Waals surface area contributed by atoms with Crippen molar-refractivity contribution in [3.05, 3.63) is 34.9 Å². The van der Waals surface area contributed by atoms with E-state index >= 15 is 0 Å². The van der Waals surface area contributed by atoms with Crippen LogP contribution in [-0.2, 0) is 9.53 Å². The van der Waals surface area contributed by atoms with Gasteiger partial charge in [-0.15, -0.1) is 18.3 Å². The van der Waals surface area contributed by atoms with Crippen molar-refractivity contribution in [3.8, 4) is 5.75 Å². The monoisotopic (exact) mass is 492 g/mol. The Balaban J connectivity index is 1.18. The molecule has 33 heavy (non-hydrogen) atoms.